The number of benzene rings is 4. The normalized spacial score (nSPS) is 11.8. The zero-order chi connectivity index (χ0) is 26.8. The molecule has 0 unspecified atom stereocenters. The van der Waals surface area contributed by atoms with Crippen molar-refractivity contribution in [1.82, 2.24) is 0 Å². The van der Waals surface area contributed by atoms with E-state index in [1.807, 2.05) is 30.3 Å². The molecule has 2 N–H and O–H groups in total. The molecule has 8 nitrogen and oxygen atoms in total. The van der Waals surface area contributed by atoms with E-state index >= 15 is 0 Å². The maximum Gasteiger partial charge on any atom is 0.295 e. The number of nitrogens with one attached hydrogen (secondary N) is 2. The summed E-state index contributed by atoms with van der Waals surface area (Å²) in [5.41, 5.74) is 1.30. The molecule has 0 bridgehead atoms. The highest BCUT2D eigenvalue weighted by Crippen LogP contribution is 2.32. The topological polar surface area (TPSA) is 115 Å². The Morgan fingerprint density at radius 1 is 0.711 bits per heavy atom. The standard InChI is InChI=1S/C27H21ClN2O6S2/c28-21-10-15-24(25(17-21)30-38(33,34)27-16-20-8-4-5-9-26(20)36-27)29-37(31,32)23-13-11-22(12-14-23)35-18-19-6-2-1-3-7-19/h1-17,29-30H,18H2. The number of fused-ring (bicyclic) bond motifs is 1. The molecule has 0 radical (unpaired) electrons. The molecule has 1 aromatic heterocycles. The van der Waals surface area contributed by atoms with Crippen molar-refractivity contribution >= 4 is 54.0 Å². The largest absolute Gasteiger partial charge is 0.489 e. The lowest BCUT2D eigenvalue weighted by molar-refractivity contribution is 0.306. The Morgan fingerprint density at radius 2 is 1.39 bits per heavy atom. The summed E-state index contributed by atoms with van der Waals surface area (Å²) in [4.78, 5) is -0.0365. The van der Waals surface area contributed by atoms with Gasteiger partial charge in [-0.25, -0.2) is 8.42 Å². The molecular weight excluding hydrogens is 548 g/mol. The van der Waals surface area contributed by atoms with Gasteiger partial charge in [-0.2, -0.15) is 8.42 Å². The van der Waals surface area contributed by atoms with Crippen molar-refractivity contribution < 1.29 is 26.0 Å². The number of sulfonamides is 2. The van der Waals surface area contributed by atoms with Crippen LogP contribution in [-0.4, -0.2) is 16.8 Å². The number of hydrogen-bond donors (Lipinski definition) is 2. The third kappa shape index (κ3) is 5.77. The molecule has 194 valence electrons. The van der Waals surface area contributed by atoms with Crippen LogP contribution < -0.4 is 14.2 Å². The molecule has 1 heterocycles. The SMILES string of the molecule is O=S(=O)(Nc1ccc(Cl)cc1NS(=O)(=O)c1cc2ccccc2o1)c1ccc(OCc2ccccc2)cc1. The fraction of sp³-hybridized carbons (Fsp3) is 0.0370. The molecule has 38 heavy (non-hydrogen) atoms. The van der Waals surface area contributed by atoms with Gasteiger partial charge in [0.25, 0.3) is 20.0 Å². The average Bonchev–Trinajstić information content (AvgIpc) is 3.35. The minimum absolute atomic E-state index is 0.0153. The number of hydrogen-bond acceptors (Lipinski definition) is 6. The maximum atomic E-state index is 13.1. The Kier molecular flexibility index (Phi) is 7.02. The fourth-order valence-corrected chi connectivity index (χ4v) is 5.93. The summed E-state index contributed by atoms with van der Waals surface area (Å²) in [5.74, 6) is 0.499. The van der Waals surface area contributed by atoms with Gasteiger partial charge in [0.1, 0.15) is 17.9 Å². The van der Waals surface area contributed by atoms with Crippen LogP contribution in [0, 0.1) is 0 Å². The highest BCUT2D eigenvalue weighted by Gasteiger charge is 2.23. The van der Waals surface area contributed by atoms with E-state index in [9.17, 15) is 16.8 Å². The molecule has 0 saturated carbocycles. The predicted molar refractivity (Wildman–Crippen MR) is 146 cm³/mol. The molecule has 0 atom stereocenters. The monoisotopic (exact) mass is 568 g/mol. The Bertz CT molecular complexity index is 1770. The molecular formula is C27H21ClN2O6S2. The van der Waals surface area contributed by atoms with Gasteiger partial charge in [0.15, 0.2) is 0 Å². The number of anilines is 2. The predicted octanol–water partition coefficient (Wildman–Crippen LogP) is 6.27. The first-order valence-electron chi connectivity index (χ1n) is 11.3. The third-order valence-corrected chi connectivity index (χ3v) is 8.36. The van der Waals surface area contributed by atoms with Gasteiger partial charge in [0, 0.05) is 16.5 Å². The summed E-state index contributed by atoms with van der Waals surface area (Å²) in [6, 6.07) is 27.8. The molecule has 0 amide bonds. The summed E-state index contributed by atoms with van der Waals surface area (Å²) >= 11 is 6.09. The van der Waals surface area contributed by atoms with Crippen LogP contribution in [-0.2, 0) is 26.7 Å². The molecule has 5 aromatic rings. The van der Waals surface area contributed by atoms with Gasteiger partial charge in [-0.3, -0.25) is 9.44 Å². The second-order valence-corrected chi connectivity index (χ2v) is 12.0. The van der Waals surface area contributed by atoms with Crippen molar-refractivity contribution in [2.45, 2.75) is 16.6 Å². The van der Waals surface area contributed by atoms with E-state index < -0.39 is 20.0 Å². The molecule has 0 spiro atoms. The second kappa shape index (κ2) is 10.4. The van der Waals surface area contributed by atoms with Gasteiger partial charge in [0.2, 0.25) is 5.09 Å². The van der Waals surface area contributed by atoms with E-state index in [1.54, 1.807) is 36.4 Å². The second-order valence-electron chi connectivity index (χ2n) is 8.25. The maximum absolute atomic E-state index is 13.1. The van der Waals surface area contributed by atoms with E-state index in [0.29, 0.717) is 23.3 Å². The van der Waals surface area contributed by atoms with Crippen molar-refractivity contribution in [3.63, 3.8) is 0 Å². The fourth-order valence-electron chi connectivity index (χ4n) is 3.63. The highest BCUT2D eigenvalue weighted by atomic mass is 35.5. The van der Waals surface area contributed by atoms with E-state index in [-0.39, 0.29) is 26.4 Å². The molecule has 0 saturated heterocycles. The summed E-state index contributed by atoms with van der Waals surface area (Å²) in [6.45, 7) is 0.338. The molecule has 4 aromatic carbocycles. The molecule has 5 rings (SSSR count). The smallest absolute Gasteiger partial charge is 0.295 e. The van der Waals surface area contributed by atoms with Crippen LogP contribution in [0.5, 0.6) is 5.75 Å². The van der Waals surface area contributed by atoms with Crippen LogP contribution in [0.15, 0.2) is 118 Å². The summed E-state index contributed by atoms with van der Waals surface area (Å²) in [7, 11) is -8.28. The number of ether oxygens (including phenoxy) is 1. The molecule has 11 heteroatoms. The average molecular weight is 569 g/mol. The molecule has 0 aliphatic rings. The zero-order valence-electron chi connectivity index (χ0n) is 19.7. The van der Waals surface area contributed by atoms with Gasteiger partial charge in [0.05, 0.1) is 16.3 Å². The van der Waals surface area contributed by atoms with E-state index in [1.165, 1.54) is 36.4 Å². The van der Waals surface area contributed by atoms with E-state index in [4.69, 9.17) is 20.8 Å². The van der Waals surface area contributed by atoms with Crippen molar-refractivity contribution in [1.29, 1.82) is 0 Å². The minimum atomic E-state index is -4.20. The van der Waals surface area contributed by atoms with Crippen LogP contribution in [0.4, 0.5) is 11.4 Å². The summed E-state index contributed by atoms with van der Waals surface area (Å²) in [6.07, 6.45) is 0. The number of para-hydroxylation sites is 1. The number of furan rings is 1. The quantitative estimate of drug-likeness (QED) is 0.217. The van der Waals surface area contributed by atoms with Crippen LogP contribution in [0.25, 0.3) is 11.0 Å². The summed E-state index contributed by atoms with van der Waals surface area (Å²) < 4.78 is 68.2. The first-order chi connectivity index (χ1) is 18.2. The van der Waals surface area contributed by atoms with Crippen LogP contribution in [0.3, 0.4) is 0 Å². The number of rotatable bonds is 9. The van der Waals surface area contributed by atoms with Gasteiger partial charge < -0.3 is 9.15 Å². The Labute approximate surface area is 224 Å². The van der Waals surface area contributed by atoms with Crippen LogP contribution >= 0.6 is 11.6 Å². The van der Waals surface area contributed by atoms with Gasteiger partial charge in [-0.15, -0.1) is 0 Å². The number of halogens is 1. The lowest BCUT2D eigenvalue weighted by Crippen LogP contribution is -2.17. The molecule has 0 fully saturated rings. The molecule has 0 aliphatic heterocycles. The van der Waals surface area contributed by atoms with Crippen molar-refractivity contribution in [2.75, 3.05) is 9.44 Å². The molecule has 0 aliphatic carbocycles. The third-order valence-electron chi connectivity index (χ3n) is 5.52. The minimum Gasteiger partial charge on any atom is -0.489 e. The van der Waals surface area contributed by atoms with Crippen LogP contribution in [0.1, 0.15) is 5.56 Å². The zero-order valence-corrected chi connectivity index (χ0v) is 22.1. The van der Waals surface area contributed by atoms with Crippen molar-refractivity contribution in [2.24, 2.45) is 0 Å². The first-order valence-corrected chi connectivity index (χ1v) is 14.6. The van der Waals surface area contributed by atoms with Gasteiger partial charge in [-0.05, 0) is 54.1 Å². The van der Waals surface area contributed by atoms with Crippen molar-refractivity contribution in [3.8, 4) is 5.75 Å². The Balaban J connectivity index is 1.35. The van der Waals surface area contributed by atoms with E-state index in [2.05, 4.69) is 9.44 Å². The van der Waals surface area contributed by atoms with Gasteiger partial charge in [-0.1, -0.05) is 60.1 Å². The highest BCUT2D eigenvalue weighted by molar-refractivity contribution is 7.93. The summed E-state index contributed by atoms with van der Waals surface area (Å²) in [5, 5.41) is 0.491. The Morgan fingerprint density at radius 3 is 2.13 bits per heavy atom. The van der Waals surface area contributed by atoms with Crippen molar-refractivity contribution in [3.05, 3.63) is 114 Å². The Hall–Kier alpha value is -3.99. The van der Waals surface area contributed by atoms with Gasteiger partial charge >= 0.3 is 0 Å². The lowest BCUT2D eigenvalue weighted by Gasteiger charge is -2.14. The lowest BCUT2D eigenvalue weighted by atomic mass is 10.2. The van der Waals surface area contributed by atoms with E-state index in [0.717, 1.165) is 5.56 Å². The van der Waals surface area contributed by atoms with Crippen LogP contribution in [0.2, 0.25) is 5.02 Å². The first kappa shape index (κ1) is 25.7.